The van der Waals surface area contributed by atoms with Gasteiger partial charge in [0.1, 0.15) is 11.6 Å². The van der Waals surface area contributed by atoms with Gasteiger partial charge in [0.25, 0.3) is 5.91 Å². The number of aliphatic carboxylic acids is 1. The molecule has 144 valence electrons. The van der Waals surface area contributed by atoms with Crippen molar-refractivity contribution in [3.8, 4) is 5.75 Å². The summed E-state index contributed by atoms with van der Waals surface area (Å²) in [4.78, 5) is 30.5. The Morgan fingerprint density at radius 2 is 2.11 bits per heavy atom. The maximum Gasteiger partial charge on any atom is 0.307 e. The highest BCUT2D eigenvalue weighted by molar-refractivity contribution is 7.22. The highest BCUT2D eigenvalue weighted by Crippen LogP contribution is 2.45. The van der Waals surface area contributed by atoms with Gasteiger partial charge in [-0.15, -0.1) is 0 Å². The van der Waals surface area contributed by atoms with Crippen molar-refractivity contribution in [1.29, 1.82) is 0 Å². The zero-order valence-electron chi connectivity index (χ0n) is 15.2. The number of aromatic nitrogens is 1. The van der Waals surface area contributed by atoms with Crippen molar-refractivity contribution in [3.05, 3.63) is 47.8 Å². The van der Waals surface area contributed by atoms with Crippen LogP contribution in [0.3, 0.4) is 0 Å². The van der Waals surface area contributed by atoms with Crippen LogP contribution in [0.5, 0.6) is 5.75 Å². The van der Waals surface area contributed by atoms with Gasteiger partial charge in [0, 0.05) is 6.07 Å². The summed E-state index contributed by atoms with van der Waals surface area (Å²) in [5.41, 5.74) is 0.365. The van der Waals surface area contributed by atoms with E-state index in [2.05, 4.69) is 4.98 Å². The van der Waals surface area contributed by atoms with E-state index in [1.165, 1.54) is 35.3 Å². The van der Waals surface area contributed by atoms with Gasteiger partial charge in [0.05, 0.1) is 22.3 Å². The minimum atomic E-state index is -1.57. The van der Waals surface area contributed by atoms with Crippen LogP contribution in [-0.4, -0.2) is 27.6 Å². The lowest BCUT2D eigenvalue weighted by Crippen LogP contribution is -2.53. The van der Waals surface area contributed by atoms with Crippen LogP contribution in [0.2, 0.25) is 0 Å². The Labute approximate surface area is 164 Å². The highest BCUT2D eigenvalue weighted by atomic mass is 32.1. The van der Waals surface area contributed by atoms with Crippen molar-refractivity contribution in [2.75, 3.05) is 4.90 Å². The van der Waals surface area contributed by atoms with Crippen LogP contribution in [0.4, 0.5) is 15.2 Å². The molecule has 0 fully saturated rings. The van der Waals surface area contributed by atoms with Crippen molar-refractivity contribution >= 4 is 44.2 Å². The summed E-state index contributed by atoms with van der Waals surface area (Å²) < 4.78 is 20.1. The lowest BCUT2D eigenvalue weighted by Gasteiger charge is -2.39. The second-order valence-corrected chi connectivity index (χ2v) is 7.82. The van der Waals surface area contributed by atoms with Crippen molar-refractivity contribution in [2.24, 2.45) is 0 Å². The monoisotopic (exact) mass is 400 g/mol. The third-order valence-electron chi connectivity index (χ3n) is 4.68. The molecule has 1 unspecified atom stereocenters. The lowest BCUT2D eigenvalue weighted by molar-refractivity contribution is -0.148. The summed E-state index contributed by atoms with van der Waals surface area (Å²) in [5.74, 6) is -1.67. The van der Waals surface area contributed by atoms with Gasteiger partial charge >= 0.3 is 5.97 Å². The van der Waals surface area contributed by atoms with E-state index in [4.69, 9.17) is 4.74 Å². The zero-order chi connectivity index (χ0) is 20.1. The number of thiazole rings is 1. The first kappa shape index (κ1) is 18.4. The normalized spacial score (nSPS) is 18.8. The molecule has 6 nitrogen and oxygen atoms in total. The molecule has 2 aromatic carbocycles. The molecule has 1 N–H and O–H groups in total. The van der Waals surface area contributed by atoms with Crippen LogP contribution in [-0.2, 0) is 16.0 Å². The number of benzene rings is 2. The van der Waals surface area contributed by atoms with Crippen LogP contribution < -0.4 is 9.64 Å². The topological polar surface area (TPSA) is 79.7 Å². The Morgan fingerprint density at radius 3 is 2.82 bits per heavy atom. The third kappa shape index (κ3) is 2.99. The summed E-state index contributed by atoms with van der Waals surface area (Å²) in [6, 6.07) is 9.70. The Bertz CT molecular complexity index is 1110. The molecule has 0 spiro atoms. The number of carboxylic acid groups (broad SMARTS) is 1. The van der Waals surface area contributed by atoms with Gasteiger partial charge in [-0.25, -0.2) is 14.3 Å². The number of hydrogen-bond donors (Lipinski definition) is 1. The number of carbonyl (C=O) groups is 2. The number of amides is 1. The molecule has 1 amide bonds. The fraction of sp³-hybridized carbons (Fsp3) is 0.250. The number of rotatable bonds is 4. The minimum absolute atomic E-state index is 0.347. The standard InChI is InChI=1S/C20H17FN2O4S/c1-3-11-4-6-15-14(8-11)23(18(26)20(2,27-15)10-17(24)25)19-22-13-9-12(21)5-7-16(13)28-19/h4-9H,3,10H2,1-2H3,(H,24,25). The van der Waals surface area contributed by atoms with Crippen molar-refractivity contribution < 1.29 is 23.8 Å². The molecule has 28 heavy (non-hydrogen) atoms. The summed E-state index contributed by atoms with van der Waals surface area (Å²) in [6.07, 6.45) is 0.267. The van der Waals surface area contributed by atoms with E-state index in [9.17, 15) is 19.1 Å². The van der Waals surface area contributed by atoms with Gasteiger partial charge in [-0.2, -0.15) is 0 Å². The lowest BCUT2D eigenvalue weighted by atomic mass is 9.97. The minimum Gasteiger partial charge on any atom is -0.481 e. The van der Waals surface area contributed by atoms with E-state index in [-0.39, 0.29) is 0 Å². The molecule has 0 saturated carbocycles. The van der Waals surface area contributed by atoms with E-state index in [0.717, 1.165) is 16.7 Å². The molecule has 0 saturated heterocycles. The molecule has 1 aliphatic rings. The quantitative estimate of drug-likeness (QED) is 0.707. The maximum absolute atomic E-state index is 13.6. The van der Waals surface area contributed by atoms with Crippen LogP contribution in [0, 0.1) is 5.82 Å². The molecule has 4 rings (SSSR count). The van der Waals surface area contributed by atoms with Crippen LogP contribution in [0.15, 0.2) is 36.4 Å². The first-order chi connectivity index (χ1) is 13.3. The van der Waals surface area contributed by atoms with Crippen LogP contribution in [0.1, 0.15) is 25.8 Å². The Balaban J connectivity index is 1.91. The number of fused-ring (bicyclic) bond motifs is 2. The van der Waals surface area contributed by atoms with Crippen LogP contribution >= 0.6 is 11.3 Å². The number of anilines is 2. The van der Waals surface area contributed by atoms with Gasteiger partial charge < -0.3 is 9.84 Å². The SMILES string of the molecule is CCc1ccc2c(c1)N(c1nc3cc(F)ccc3s1)C(=O)C(C)(CC(=O)O)O2. The molecule has 0 aliphatic carbocycles. The molecule has 0 bridgehead atoms. The van der Waals surface area contributed by atoms with Crippen molar-refractivity contribution in [2.45, 2.75) is 32.3 Å². The molecular formula is C20H17FN2O4S. The average Bonchev–Trinajstić information content (AvgIpc) is 3.04. The molecule has 1 aromatic heterocycles. The summed E-state index contributed by atoms with van der Waals surface area (Å²) in [7, 11) is 0. The van der Waals surface area contributed by atoms with E-state index < -0.39 is 29.7 Å². The molecule has 1 aliphatic heterocycles. The first-order valence-corrected chi connectivity index (χ1v) is 9.57. The molecule has 1 atom stereocenters. The Hall–Kier alpha value is -3.00. The highest BCUT2D eigenvalue weighted by Gasteiger charge is 2.47. The third-order valence-corrected chi connectivity index (χ3v) is 5.70. The van der Waals surface area contributed by atoms with Gasteiger partial charge in [-0.05, 0) is 43.2 Å². The Morgan fingerprint density at radius 1 is 1.32 bits per heavy atom. The number of aryl methyl sites for hydroxylation is 1. The number of carboxylic acids is 1. The summed E-state index contributed by atoms with van der Waals surface area (Å²) in [5, 5.41) is 9.62. The number of hydrogen-bond acceptors (Lipinski definition) is 5. The van der Waals surface area contributed by atoms with Crippen molar-refractivity contribution in [3.63, 3.8) is 0 Å². The van der Waals surface area contributed by atoms with Crippen LogP contribution in [0.25, 0.3) is 10.2 Å². The van der Waals surface area contributed by atoms with Gasteiger partial charge in [-0.1, -0.05) is 24.3 Å². The van der Waals surface area contributed by atoms with Gasteiger partial charge in [-0.3, -0.25) is 9.59 Å². The van der Waals surface area contributed by atoms with E-state index in [0.29, 0.717) is 22.1 Å². The largest absolute Gasteiger partial charge is 0.481 e. The smallest absolute Gasteiger partial charge is 0.307 e. The predicted molar refractivity (Wildman–Crippen MR) is 104 cm³/mol. The fourth-order valence-corrected chi connectivity index (χ4v) is 4.21. The first-order valence-electron chi connectivity index (χ1n) is 8.75. The second kappa shape index (κ2) is 6.56. The summed E-state index contributed by atoms with van der Waals surface area (Å²) >= 11 is 1.24. The fourth-order valence-electron chi connectivity index (χ4n) is 3.25. The molecule has 8 heteroatoms. The molecular weight excluding hydrogens is 383 g/mol. The van der Waals surface area contributed by atoms with Gasteiger partial charge in [0.15, 0.2) is 10.7 Å². The predicted octanol–water partition coefficient (Wildman–Crippen LogP) is 4.29. The molecule has 0 radical (unpaired) electrons. The van der Waals surface area contributed by atoms with Gasteiger partial charge in [0.2, 0.25) is 0 Å². The second-order valence-electron chi connectivity index (χ2n) is 6.81. The van der Waals surface area contributed by atoms with E-state index in [1.54, 1.807) is 12.1 Å². The number of carbonyl (C=O) groups excluding carboxylic acids is 1. The number of halogens is 1. The zero-order valence-corrected chi connectivity index (χ0v) is 16.0. The number of ether oxygens (including phenoxy) is 1. The van der Waals surface area contributed by atoms with E-state index >= 15 is 0 Å². The maximum atomic E-state index is 13.6. The van der Waals surface area contributed by atoms with E-state index in [1.807, 2.05) is 19.1 Å². The van der Waals surface area contributed by atoms with Crippen molar-refractivity contribution in [1.82, 2.24) is 4.98 Å². The Kier molecular flexibility index (Phi) is 4.30. The molecule has 2 heterocycles. The average molecular weight is 400 g/mol. The summed E-state index contributed by atoms with van der Waals surface area (Å²) in [6.45, 7) is 3.45. The molecule has 3 aromatic rings. The number of nitrogens with zero attached hydrogens (tertiary/aromatic N) is 2.